The number of rotatable bonds is 3. The predicted octanol–water partition coefficient (Wildman–Crippen LogP) is 2.27. The van der Waals surface area contributed by atoms with Crippen LogP contribution in [-0.4, -0.2) is 24.0 Å². The highest BCUT2D eigenvalue weighted by Gasteiger charge is 2.36. The highest BCUT2D eigenvalue weighted by Crippen LogP contribution is 2.37. The van der Waals surface area contributed by atoms with Crippen molar-refractivity contribution in [3.63, 3.8) is 0 Å². The molecule has 0 aromatic rings. The minimum atomic E-state index is 0.928. The lowest BCUT2D eigenvalue weighted by atomic mass is 10.0. The smallest absolute Gasteiger partial charge is 0.0124 e. The van der Waals surface area contributed by atoms with Gasteiger partial charge in [0.05, 0.1) is 0 Å². The SMILES string of the molecule is C#CCCCN1CCC2CCCC21. The van der Waals surface area contributed by atoms with Crippen LogP contribution in [0.3, 0.4) is 0 Å². The van der Waals surface area contributed by atoms with Gasteiger partial charge in [0.2, 0.25) is 0 Å². The maximum Gasteiger partial charge on any atom is 0.0124 e. The van der Waals surface area contributed by atoms with Crippen LogP contribution >= 0.6 is 0 Å². The minimum Gasteiger partial charge on any atom is -0.300 e. The Balaban J connectivity index is 1.77. The van der Waals surface area contributed by atoms with Gasteiger partial charge in [-0.1, -0.05) is 6.42 Å². The quantitative estimate of drug-likeness (QED) is 0.472. The van der Waals surface area contributed by atoms with Crippen molar-refractivity contribution >= 4 is 0 Å². The fraction of sp³-hybridized carbons (Fsp3) is 0.833. The molecule has 0 amide bonds. The van der Waals surface area contributed by atoms with Crippen molar-refractivity contribution in [2.45, 2.75) is 44.6 Å². The lowest BCUT2D eigenvalue weighted by molar-refractivity contribution is 0.239. The Bertz CT molecular complexity index is 204. The number of unbranched alkanes of at least 4 members (excludes halogenated alkanes) is 1. The van der Waals surface area contributed by atoms with E-state index in [-0.39, 0.29) is 0 Å². The van der Waals surface area contributed by atoms with E-state index < -0.39 is 0 Å². The molecule has 0 aromatic carbocycles. The van der Waals surface area contributed by atoms with Crippen LogP contribution in [0.4, 0.5) is 0 Å². The van der Waals surface area contributed by atoms with Crippen LogP contribution in [0.15, 0.2) is 0 Å². The van der Waals surface area contributed by atoms with Crippen molar-refractivity contribution in [2.24, 2.45) is 5.92 Å². The van der Waals surface area contributed by atoms with E-state index in [1.54, 1.807) is 0 Å². The first-order chi connectivity index (χ1) is 6.42. The fourth-order valence-electron chi connectivity index (χ4n) is 2.99. The van der Waals surface area contributed by atoms with Gasteiger partial charge in [0.25, 0.3) is 0 Å². The predicted molar refractivity (Wildman–Crippen MR) is 55.4 cm³/mol. The van der Waals surface area contributed by atoms with E-state index in [1.165, 1.54) is 45.2 Å². The summed E-state index contributed by atoms with van der Waals surface area (Å²) in [6.07, 6.45) is 13.2. The number of terminal acetylenes is 1. The molecule has 0 N–H and O–H groups in total. The first-order valence-electron chi connectivity index (χ1n) is 5.59. The van der Waals surface area contributed by atoms with Crippen LogP contribution in [0, 0.1) is 18.3 Å². The summed E-state index contributed by atoms with van der Waals surface area (Å²) in [7, 11) is 0. The van der Waals surface area contributed by atoms with Gasteiger partial charge in [-0.3, -0.25) is 0 Å². The van der Waals surface area contributed by atoms with Gasteiger partial charge in [0, 0.05) is 12.5 Å². The van der Waals surface area contributed by atoms with Crippen LogP contribution in [-0.2, 0) is 0 Å². The summed E-state index contributed by atoms with van der Waals surface area (Å²) in [5.41, 5.74) is 0. The normalized spacial score (nSPS) is 33.2. The van der Waals surface area contributed by atoms with Crippen molar-refractivity contribution in [3.05, 3.63) is 0 Å². The standard InChI is InChI=1S/C12H19N/c1-2-3-4-9-13-10-8-11-6-5-7-12(11)13/h1,11-12H,3-10H2. The third-order valence-corrected chi connectivity index (χ3v) is 3.64. The Labute approximate surface area is 81.5 Å². The zero-order valence-corrected chi connectivity index (χ0v) is 8.34. The topological polar surface area (TPSA) is 3.24 Å². The molecule has 72 valence electrons. The fourth-order valence-corrected chi connectivity index (χ4v) is 2.99. The Kier molecular flexibility index (Phi) is 2.90. The van der Waals surface area contributed by atoms with E-state index in [0.29, 0.717) is 0 Å². The molecule has 1 saturated heterocycles. The summed E-state index contributed by atoms with van der Waals surface area (Å²) < 4.78 is 0. The Hall–Kier alpha value is -0.480. The maximum absolute atomic E-state index is 5.25. The molecule has 0 radical (unpaired) electrons. The lowest BCUT2D eigenvalue weighted by Crippen LogP contribution is -2.30. The zero-order chi connectivity index (χ0) is 9.10. The van der Waals surface area contributed by atoms with Crippen molar-refractivity contribution in [1.82, 2.24) is 4.90 Å². The van der Waals surface area contributed by atoms with Gasteiger partial charge in [-0.15, -0.1) is 12.3 Å². The third kappa shape index (κ3) is 1.89. The number of nitrogens with zero attached hydrogens (tertiary/aromatic N) is 1. The number of hydrogen-bond donors (Lipinski definition) is 0. The van der Waals surface area contributed by atoms with Gasteiger partial charge in [-0.2, -0.15) is 0 Å². The molecule has 1 heteroatoms. The minimum absolute atomic E-state index is 0.928. The average molecular weight is 177 g/mol. The molecule has 0 bridgehead atoms. The molecule has 1 saturated carbocycles. The third-order valence-electron chi connectivity index (χ3n) is 3.64. The van der Waals surface area contributed by atoms with E-state index in [0.717, 1.165) is 18.4 Å². The summed E-state index contributed by atoms with van der Waals surface area (Å²) in [4.78, 5) is 2.68. The molecule has 2 aliphatic rings. The second kappa shape index (κ2) is 4.15. The van der Waals surface area contributed by atoms with E-state index in [9.17, 15) is 0 Å². The van der Waals surface area contributed by atoms with E-state index in [1.807, 2.05) is 0 Å². The van der Waals surface area contributed by atoms with Crippen molar-refractivity contribution < 1.29 is 0 Å². The summed E-state index contributed by atoms with van der Waals surface area (Å²) in [6, 6.07) is 0.928. The summed E-state index contributed by atoms with van der Waals surface area (Å²) >= 11 is 0. The molecular formula is C12H19N. The first kappa shape index (κ1) is 9.09. The van der Waals surface area contributed by atoms with Crippen LogP contribution in [0.2, 0.25) is 0 Å². The van der Waals surface area contributed by atoms with Gasteiger partial charge < -0.3 is 4.90 Å². The van der Waals surface area contributed by atoms with Crippen molar-refractivity contribution in [2.75, 3.05) is 13.1 Å². The average Bonchev–Trinajstić information content (AvgIpc) is 2.68. The Morgan fingerprint density at radius 1 is 1.31 bits per heavy atom. The molecule has 2 unspecified atom stereocenters. The Morgan fingerprint density at radius 3 is 3.08 bits per heavy atom. The van der Waals surface area contributed by atoms with Gasteiger partial charge in [-0.05, 0) is 44.7 Å². The highest BCUT2D eigenvalue weighted by molar-refractivity contribution is 4.92. The second-order valence-electron chi connectivity index (χ2n) is 4.39. The number of likely N-dealkylation sites (tertiary alicyclic amines) is 1. The second-order valence-corrected chi connectivity index (χ2v) is 4.39. The molecule has 2 fully saturated rings. The molecule has 13 heavy (non-hydrogen) atoms. The molecule has 1 heterocycles. The summed E-state index contributed by atoms with van der Waals surface area (Å²) in [5, 5.41) is 0. The first-order valence-corrected chi connectivity index (χ1v) is 5.59. The van der Waals surface area contributed by atoms with Crippen molar-refractivity contribution in [1.29, 1.82) is 0 Å². The van der Waals surface area contributed by atoms with Gasteiger partial charge in [0.15, 0.2) is 0 Å². The molecule has 0 aromatic heterocycles. The van der Waals surface area contributed by atoms with Crippen LogP contribution in [0.25, 0.3) is 0 Å². The molecule has 0 spiro atoms. The van der Waals surface area contributed by atoms with Gasteiger partial charge in [-0.25, -0.2) is 0 Å². The van der Waals surface area contributed by atoms with Crippen molar-refractivity contribution in [3.8, 4) is 12.3 Å². The molecule has 2 atom stereocenters. The van der Waals surface area contributed by atoms with Gasteiger partial charge >= 0.3 is 0 Å². The molecule has 2 rings (SSSR count). The van der Waals surface area contributed by atoms with Crippen LogP contribution in [0.5, 0.6) is 0 Å². The van der Waals surface area contributed by atoms with E-state index in [2.05, 4.69) is 10.8 Å². The monoisotopic (exact) mass is 177 g/mol. The zero-order valence-electron chi connectivity index (χ0n) is 8.34. The van der Waals surface area contributed by atoms with Gasteiger partial charge in [0.1, 0.15) is 0 Å². The molecule has 1 aliphatic carbocycles. The largest absolute Gasteiger partial charge is 0.300 e. The number of fused-ring (bicyclic) bond motifs is 1. The summed E-state index contributed by atoms with van der Waals surface area (Å²) in [6.45, 7) is 2.57. The van der Waals surface area contributed by atoms with E-state index in [4.69, 9.17) is 6.42 Å². The molecule has 1 aliphatic heterocycles. The Morgan fingerprint density at radius 2 is 2.23 bits per heavy atom. The molecule has 1 nitrogen and oxygen atoms in total. The maximum atomic E-state index is 5.25. The molecular weight excluding hydrogens is 158 g/mol. The highest BCUT2D eigenvalue weighted by atomic mass is 15.2. The van der Waals surface area contributed by atoms with E-state index >= 15 is 0 Å². The summed E-state index contributed by atoms with van der Waals surface area (Å²) in [5.74, 6) is 3.76. The number of hydrogen-bond acceptors (Lipinski definition) is 1. The van der Waals surface area contributed by atoms with Crippen LogP contribution < -0.4 is 0 Å². The lowest BCUT2D eigenvalue weighted by Gasteiger charge is -2.22. The van der Waals surface area contributed by atoms with Crippen LogP contribution in [0.1, 0.15) is 38.5 Å².